The molecule has 19 heavy (non-hydrogen) atoms. The largest absolute Gasteiger partial charge is 0.296 e. The van der Waals surface area contributed by atoms with Gasteiger partial charge in [-0.1, -0.05) is 39.3 Å². The zero-order valence-corrected chi connectivity index (χ0v) is 14.0. The molecule has 0 saturated heterocycles. The van der Waals surface area contributed by atoms with Gasteiger partial charge < -0.3 is 0 Å². The van der Waals surface area contributed by atoms with Crippen LogP contribution in [0.15, 0.2) is 0 Å². The first-order valence-corrected chi connectivity index (χ1v) is 7.70. The number of rotatable bonds is 7. The molecule has 3 nitrogen and oxygen atoms in total. The van der Waals surface area contributed by atoms with E-state index in [1.165, 1.54) is 18.4 Å². The summed E-state index contributed by atoms with van der Waals surface area (Å²) in [5, 5.41) is 5.19. The molecule has 0 aliphatic rings. The second-order valence-electron chi connectivity index (χ2n) is 5.77. The minimum absolute atomic E-state index is 0.623. The van der Waals surface area contributed by atoms with Crippen LogP contribution < -0.4 is 0 Å². The van der Waals surface area contributed by atoms with Crippen molar-refractivity contribution >= 4 is 11.6 Å². The molecule has 0 saturated carbocycles. The topological polar surface area (TPSA) is 21.1 Å². The van der Waals surface area contributed by atoms with Crippen LogP contribution >= 0.6 is 11.6 Å². The molecule has 1 aromatic heterocycles. The molecule has 0 aromatic carbocycles. The van der Waals surface area contributed by atoms with Gasteiger partial charge in [0.15, 0.2) is 0 Å². The van der Waals surface area contributed by atoms with E-state index in [0.717, 1.165) is 23.9 Å². The first kappa shape index (κ1) is 16.5. The third-order valence-corrected chi connectivity index (χ3v) is 4.16. The molecule has 0 spiro atoms. The maximum absolute atomic E-state index is 6.36. The van der Waals surface area contributed by atoms with Crippen LogP contribution in [0.25, 0.3) is 0 Å². The number of hydrogen-bond acceptors (Lipinski definition) is 2. The molecule has 1 aromatic rings. The van der Waals surface area contributed by atoms with Crippen molar-refractivity contribution < 1.29 is 0 Å². The van der Waals surface area contributed by atoms with Crippen LogP contribution in [-0.4, -0.2) is 27.3 Å². The summed E-state index contributed by atoms with van der Waals surface area (Å²) in [6, 6.07) is 0.623. The van der Waals surface area contributed by atoms with Gasteiger partial charge in [0.2, 0.25) is 0 Å². The lowest BCUT2D eigenvalue weighted by molar-refractivity contribution is 0.157. The smallest absolute Gasteiger partial charge is 0.131 e. The van der Waals surface area contributed by atoms with E-state index in [0.29, 0.717) is 12.0 Å². The van der Waals surface area contributed by atoms with Crippen LogP contribution in [0, 0.1) is 12.8 Å². The standard InChI is InChI=1S/C15H28ClN3/c1-7-13(8-2)19(9-11(3)4)10-14-12(5)17-18(6)15(14)16/h11,13H,7-10H2,1-6H3. The van der Waals surface area contributed by atoms with Gasteiger partial charge in [-0.05, 0) is 25.7 Å². The van der Waals surface area contributed by atoms with Crippen molar-refractivity contribution in [1.82, 2.24) is 14.7 Å². The zero-order chi connectivity index (χ0) is 14.6. The SMILES string of the molecule is CCC(CC)N(Cc1c(C)nn(C)c1Cl)CC(C)C. The van der Waals surface area contributed by atoms with Crippen LogP contribution in [0.1, 0.15) is 51.8 Å². The fraction of sp³-hybridized carbons (Fsp3) is 0.800. The van der Waals surface area contributed by atoms with E-state index < -0.39 is 0 Å². The molecule has 0 N–H and O–H groups in total. The third-order valence-electron chi connectivity index (χ3n) is 3.69. The zero-order valence-electron chi connectivity index (χ0n) is 13.2. The first-order chi connectivity index (χ1) is 8.90. The average molecular weight is 286 g/mol. The second kappa shape index (κ2) is 7.30. The van der Waals surface area contributed by atoms with Gasteiger partial charge in [-0.25, -0.2) is 0 Å². The van der Waals surface area contributed by atoms with E-state index in [1.54, 1.807) is 4.68 Å². The van der Waals surface area contributed by atoms with E-state index >= 15 is 0 Å². The van der Waals surface area contributed by atoms with E-state index in [2.05, 4.69) is 37.7 Å². The van der Waals surface area contributed by atoms with Crippen molar-refractivity contribution in [3.8, 4) is 0 Å². The molecule has 0 aliphatic carbocycles. The number of aromatic nitrogens is 2. The molecule has 0 bridgehead atoms. The Bertz CT molecular complexity index is 394. The van der Waals surface area contributed by atoms with E-state index in [-0.39, 0.29) is 0 Å². The molecular formula is C15H28ClN3. The highest BCUT2D eigenvalue weighted by Gasteiger charge is 2.20. The summed E-state index contributed by atoms with van der Waals surface area (Å²) < 4.78 is 1.77. The molecule has 0 atom stereocenters. The van der Waals surface area contributed by atoms with Gasteiger partial charge in [0, 0.05) is 31.7 Å². The Hall–Kier alpha value is -0.540. The summed E-state index contributed by atoms with van der Waals surface area (Å²) in [6.45, 7) is 13.1. The van der Waals surface area contributed by atoms with Crippen molar-refractivity contribution in [1.29, 1.82) is 0 Å². The van der Waals surface area contributed by atoms with Crippen molar-refractivity contribution in [2.24, 2.45) is 13.0 Å². The van der Waals surface area contributed by atoms with E-state index in [4.69, 9.17) is 11.6 Å². The van der Waals surface area contributed by atoms with Crippen LogP contribution in [0.3, 0.4) is 0 Å². The lowest BCUT2D eigenvalue weighted by Gasteiger charge is -2.32. The van der Waals surface area contributed by atoms with Gasteiger partial charge in [-0.3, -0.25) is 9.58 Å². The monoisotopic (exact) mass is 285 g/mol. The summed E-state index contributed by atoms with van der Waals surface area (Å²) in [5.41, 5.74) is 2.23. The highest BCUT2D eigenvalue weighted by Crippen LogP contribution is 2.23. The van der Waals surface area contributed by atoms with Crippen LogP contribution in [-0.2, 0) is 13.6 Å². The minimum Gasteiger partial charge on any atom is -0.296 e. The molecular weight excluding hydrogens is 258 g/mol. The lowest BCUT2D eigenvalue weighted by Crippen LogP contribution is -2.36. The molecule has 0 radical (unpaired) electrons. The summed E-state index contributed by atoms with van der Waals surface area (Å²) in [6.07, 6.45) is 2.36. The van der Waals surface area contributed by atoms with Crippen molar-refractivity contribution in [2.75, 3.05) is 6.54 Å². The number of aryl methyl sites for hydroxylation is 2. The Balaban J connectivity index is 2.93. The number of halogens is 1. The molecule has 0 aliphatic heterocycles. The number of hydrogen-bond donors (Lipinski definition) is 0. The quantitative estimate of drug-likeness (QED) is 0.754. The van der Waals surface area contributed by atoms with Gasteiger partial charge in [0.1, 0.15) is 5.15 Å². The Kier molecular flexibility index (Phi) is 6.34. The van der Waals surface area contributed by atoms with Gasteiger partial charge in [0.05, 0.1) is 5.69 Å². The second-order valence-corrected chi connectivity index (χ2v) is 6.13. The van der Waals surface area contributed by atoms with Crippen molar-refractivity contribution in [3.63, 3.8) is 0 Å². The van der Waals surface area contributed by atoms with Gasteiger partial charge in [-0.2, -0.15) is 5.10 Å². The fourth-order valence-corrected chi connectivity index (χ4v) is 2.91. The molecule has 1 rings (SSSR count). The number of nitrogens with zero attached hydrogens (tertiary/aromatic N) is 3. The summed E-state index contributed by atoms with van der Waals surface area (Å²) >= 11 is 6.36. The summed E-state index contributed by atoms with van der Waals surface area (Å²) in [4.78, 5) is 2.56. The van der Waals surface area contributed by atoms with Crippen molar-refractivity contribution in [3.05, 3.63) is 16.4 Å². The van der Waals surface area contributed by atoms with Gasteiger partial charge >= 0.3 is 0 Å². The van der Waals surface area contributed by atoms with Crippen LogP contribution in [0.2, 0.25) is 5.15 Å². The Morgan fingerprint density at radius 1 is 1.26 bits per heavy atom. The highest BCUT2D eigenvalue weighted by atomic mass is 35.5. The highest BCUT2D eigenvalue weighted by molar-refractivity contribution is 6.30. The predicted octanol–water partition coefficient (Wildman–Crippen LogP) is 4.03. The van der Waals surface area contributed by atoms with Gasteiger partial charge in [-0.15, -0.1) is 0 Å². The normalized spacial score (nSPS) is 12.1. The molecule has 0 amide bonds. The van der Waals surface area contributed by atoms with Crippen molar-refractivity contribution in [2.45, 2.75) is 60.0 Å². The van der Waals surface area contributed by atoms with Gasteiger partial charge in [0.25, 0.3) is 0 Å². The molecule has 0 unspecified atom stereocenters. The lowest BCUT2D eigenvalue weighted by atomic mass is 10.1. The third kappa shape index (κ3) is 4.22. The summed E-state index contributed by atoms with van der Waals surface area (Å²) in [7, 11) is 1.91. The van der Waals surface area contributed by atoms with Crippen LogP contribution in [0.4, 0.5) is 0 Å². The maximum Gasteiger partial charge on any atom is 0.131 e. The Labute approximate surface area is 122 Å². The molecule has 0 fully saturated rings. The van der Waals surface area contributed by atoms with E-state index in [1.807, 2.05) is 14.0 Å². The van der Waals surface area contributed by atoms with E-state index in [9.17, 15) is 0 Å². The molecule has 110 valence electrons. The fourth-order valence-electron chi connectivity index (χ4n) is 2.67. The Morgan fingerprint density at radius 3 is 2.21 bits per heavy atom. The average Bonchev–Trinajstić information content (AvgIpc) is 2.56. The predicted molar refractivity (Wildman–Crippen MR) is 82.6 cm³/mol. The summed E-state index contributed by atoms with van der Waals surface area (Å²) in [5.74, 6) is 0.663. The Morgan fingerprint density at radius 2 is 1.84 bits per heavy atom. The minimum atomic E-state index is 0.623. The molecule has 1 heterocycles. The maximum atomic E-state index is 6.36. The van der Waals surface area contributed by atoms with Crippen LogP contribution in [0.5, 0.6) is 0 Å². The molecule has 4 heteroatoms. The first-order valence-electron chi connectivity index (χ1n) is 7.32.